The summed E-state index contributed by atoms with van der Waals surface area (Å²) in [6, 6.07) is 7.67. The Kier molecular flexibility index (Phi) is 16.0. The van der Waals surface area contributed by atoms with Crippen molar-refractivity contribution >= 4 is 59.6 Å². The molecule has 6 heterocycles. The summed E-state index contributed by atoms with van der Waals surface area (Å²) in [7, 11) is -4.30. The first-order valence-corrected chi connectivity index (χ1v) is 23.0. The van der Waals surface area contributed by atoms with Gasteiger partial charge >= 0.3 is 13.7 Å². The van der Waals surface area contributed by atoms with Gasteiger partial charge < -0.3 is 63.6 Å². The molecule has 1 aromatic carbocycles. The van der Waals surface area contributed by atoms with Gasteiger partial charge in [-0.25, -0.2) is 23.3 Å². The van der Waals surface area contributed by atoms with Crippen LogP contribution >= 0.6 is 7.75 Å². The number of imidazole rings is 2. The number of carbonyl (C=O) groups excluding carboxylic acids is 1. The van der Waals surface area contributed by atoms with Gasteiger partial charge in [-0.2, -0.15) is 25.0 Å². The fourth-order valence-corrected chi connectivity index (χ4v) is 8.89. The summed E-state index contributed by atoms with van der Waals surface area (Å²) < 4.78 is 74.9. The summed E-state index contributed by atoms with van der Waals surface area (Å²) in [6.07, 6.45) is -3.03. The van der Waals surface area contributed by atoms with E-state index in [1.807, 2.05) is 0 Å². The number of aliphatic hydroxyl groups is 3. The molecule has 10 atom stereocenters. The summed E-state index contributed by atoms with van der Waals surface area (Å²) in [5.41, 5.74) is 9.94. The van der Waals surface area contributed by atoms with Gasteiger partial charge in [0.15, 0.2) is 58.8 Å². The number of nitrogens with one attached hydrogen (secondary N) is 3. The number of halogens is 2. The Morgan fingerprint density at radius 2 is 1.32 bits per heavy atom. The quantitative estimate of drug-likeness (QED) is 0.0303. The fourth-order valence-electron chi connectivity index (χ4n) is 7.31. The van der Waals surface area contributed by atoms with Crippen LogP contribution < -0.4 is 31.7 Å². The van der Waals surface area contributed by atoms with E-state index in [1.165, 1.54) is 42.6 Å². The van der Waals surface area contributed by atoms with Gasteiger partial charge in [0, 0.05) is 32.5 Å². The molecule has 0 bridgehead atoms. The third-order valence-corrected chi connectivity index (χ3v) is 12.9. The normalized spacial score (nSPS) is 27.9. The van der Waals surface area contributed by atoms with Crippen molar-refractivity contribution in [1.29, 1.82) is 0 Å². The number of hydrogen-bond donors (Lipinski definition) is 8. The van der Waals surface area contributed by atoms with Crippen molar-refractivity contribution in [1.82, 2.24) is 44.1 Å². The Labute approximate surface area is 403 Å². The van der Waals surface area contributed by atoms with Crippen LogP contribution in [0.25, 0.3) is 22.3 Å². The Bertz CT molecular complexity index is 2600. The maximum atomic E-state index is 15.6. The maximum absolute atomic E-state index is 15.6. The summed E-state index contributed by atoms with van der Waals surface area (Å²) in [5.74, 6) is 0.428. The Hall–Kier alpha value is -4.74. The smallest absolute Gasteiger partial charge is 0.459 e. The number of ether oxygens (including phenoxy) is 3. The fraction of sp³-hybridized carbons (Fsp3) is 0.561. The number of fused-ring (bicyclic) bond motifs is 2. The van der Waals surface area contributed by atoms with Gasteiger partial charge in [-0.15, -0.1) is 0 Å². The number of alkyl halides is 2. The molecule has 0 amide bonds. The van der Waals surface area contributed by atoms with Crippen LogP contribution in [-0.2, 0) is 48.5 Å². The van der Waals surface area contributed by atoms with Gasteiger partial charge in [0.2, 0.25) is 11.9 Å². The van der Waals surface area contributed by atoms with Crippen molar-refractivity contribution in [3.8, 4) is 5.75 Å². The second-order valence-corrected chi connectivity index (χ2v) is 19.1. The first kappa shape index (κ1) is 52.6. The van der Waals surface area contributed by atoms with Crippen LogP contribution in [0.2, 0.25) is 0 Å². The van der Waals surface area contributed by atoms with Gasteiger partial charge in [0.05, 0.1) is 32.0 Å². The molecule has 5 aromatic rings. The van der Waals surface area contributed by atoms with Crippen molar-refractivity contribution in [2.75, 3.05) is 35.3 Å². The van der Waals surface area contributed by atoms with Gasteiger partial charge in [0.1, 0.15) is 35.2 Å². The Morgan fingerprint density at radius 3 is 1.76 bits per heavy atom. The summed E-state index contributed by atoms with van der Waals surface area (Å²) in [6.45, 7) is 6.58. The molecular weight excluding hydrogens is 1010 g/mol. The summed E-state index contributed by atoms with van der Waals surface area (Å²) in [5, 5.41) is 39.4. The van der Waals surface area contributed by atoms with Crippen molar-refractivity contribution in [2.45, 2.75) is 133 Å². The molecule has 2 saturated heterocycles. The average Bonchev–Trinajstić information content (AvgIpc) is 4.16. The molecule has 27 heteroatoms. The Balaban J connectivity index is 0.000000248. The number of benzene rings is 1. The first-order chi connectivity index (χ1) is 31.3. The van der Waals surface area contributed by atoms with Crippen LogP contribution in [0, 0.1) is 7.43 Å². The summed E-state index contributed by atoms with van der Waals surface area (Å²) in [4.78, 5) is 37.8. The minimum Gasteiger partial charge on any atom is -0.462 e. The van der Waals surface area contributed by atoms with E-state index >= 15 is 4.39 Å². The molecule has 4 aromatic heterocycles. The van der Waals surface area contributed by atoms with Crippen molar-refractivity contribution in [2.24, 2.45) is 0 Å². The molecule has 0 spiro atoms. The van der Waals surface area contributed by atoms with E-state index in [4.69, 9.17) is 34.7 Å². The zero-order valence-electron chi connectivity index (χ0n) is 38.0. The second kappa shape index (κ2) is 20.7. The number of para-hydroxylation sites is 1. The van der Waals surface area contributed by atoms with Gasteiger partial charge in [-0.05, 0) is 72.4 Å². The number of anilines is 4. The van der Waals surface area contributed by atoms with Gasteiger partial charge in [-0.1, -0.05) is 18.2 Å². The number of aromatic nitrogens is 8. The minimum absolute atomic E-state index is 0. The Morgan fingerprint density at radius 1 is 0.853 bits per heavy atom. The molecule has 2 aliphatic carbocycles. The zero-order chi connectivity index (χ0) is 47.3. The van der Waals surface area contributed by atoms with Crippen LogP contribution in [-0.4, -0.2) is 134 Å². The number of esters is 1. The van der Waals surface area contributed by atoms with E-state index in [0.29, 0.717) is 34.4 Å². The third-order valence-electron chi connectivity index (χ3n) is 11.3. The standard InChI is InChI=1S/C26H35FN7O7P.C14H19FN6O3.CH3.Pd/c1-14(2)39-24(36)15(3)33-42(37,41-17-8-6-5-7-9-17)38-12-26(4)20(35)18(27)23(40-26)34-13-29-19-21(30-16-10-11-16)31-25(28)32-22(19)34;1-14(4-22)9(23)7(15)12(24-14)21-5-17-8-10(18-6-2-3-6)19-13(16)20-11(8)21;;/h5-9,13-16,18,20,23,35H,10-12H2,1-4H3,(H,33,37)(H3,28,30,31,32);5-7,9,12,22-23H,2-4H2,1H3,(H3,16,18,19,20);1H3;/q;;-1;/t15-,18+,20-,23+,26+,42-;7-,9+,12-,14-;;/m01../s1. The average molecular weight is 1070 g/mol. The minimum atomic E-state index is -4.30. The van der Waals surface area contributed by atoms with Crippen LogP contribution in [0.1, 0.15) is 72.8 Å². The number of nitrogen functional groups attached to an aromatic ring is 2. The van der Waals surface area contributed by atoms with Gasteiger partial charge in [0.25, 0.3) is 0 Å². The first-order valence-electron chi connectivity index (χ1n) is 21.4. The largest absolute Gasteiger partial charge is 0.462 e. The number of rotatable bonds is 16. The topological polar surface area (TPSA) is 316 Å². The maximum Gasteiger partial charge on any atom is 0.459 e. The van der Waals surface area contributed by atoms with E-state index < -0.39 is 87.3 Å². The van der Waals surface area contributed by atoms with Crippen molar-refractivity contribution in [3.63, 3.8) is 0 Å². The predicted octanol–water partition coefficient (Wildman–Crippen LogP) is 3.51. The van der Waals surface area contributed by atoms with Crippen molar-refractivity contribution in [3.05, 3.63) is 50.4 Å². The number of nitrogens with zero attached hydrogens (tertiary/aromatic N) is 8. The molecule has 10 N–H and O–H groups in total. The monoisotopic (exact) mass is 1070 g/mol. The molecule has 9 rings (SSSR count). The van der Waals surface area contributed by atoms with Crippen molar-refractivity contribution < 1.29 is 77.1 Å². The van der Waals surface area contributed by atoms with E-state index in [1.54, 1.807) is 44.2 Å². The van der Waals surface area contributed by atoms with Crippen LogP contribution in [0.4, 0.5) is 32.3 Å². The predicted molar refractivity (Wildman–Crippen MR) is 240 cm³/mol. The van der Waals surface area contributed by atoms with E-state index in [2.05, 4.69) is 45.6 Å². The van der Waals surface area contributed by atoms with E-state index in [-0.39, 0.29) is 57.2 Å². The van der Waals surface area contributed by atoms with Crippen LogP contribution in [0.15, 0.2) is 43.0 Å². The third kappa shape index (κ3) is 11.1. The number of hydrogen-bond acceptors (Lipinski definition) is 20. The van der Waals surface area contributed by atoms with E-state index in [9.17, 15) is 29.1 Å². The van der Waals surface area contributed by atoms with Crippen LogP contribution in [0.5, 0.6) is 5.75 Å². The number of carbonyl (C=O) groups is 1. The number of aliphatic hydroxyl groups excluding tert-OH is 3. The molecule has 2 saturated carbocycles. The molecule has 68 heavy (non-hydrogen) atoms. The zero-order valence-corrected chi connectivity index (χ0v) is 40.5. The molecule has 4 aliphatic rings. The van der Waals surface area contributed by atoms with E-state index in [0.717, 1.165) is 25.7 Å². The molecule has 23 nitrogen and oxygen atoms in total. The molecule has 0 unspecified atom stereocenters. The molecule has 376 valence electrons. The molecular formula is C41H57F2N13O10PPd-. The van der Waals surface area contributed by atoms with Crippen LogP contribution in [0.3, 0.4) is 0 Å². The molecule has 0 radical (unpaired) electrons. The second-order valence-electron chi connectivity index (χ2n) is 17.4. The summed E-state index contributed by atoms with van der Waals surface area (Å²) >= 11 is 0. The molecule has 2 aliphatic heterocycles. The molecule has 4 fully saturated rings. The number of nitrogens with two attached hydrogens (primary N) is 2. The SMILES string of the molecule is CC(C)OC(=O)[C@H](C)N[P@](=O)(OC[C@@]1(C)O[C@@H](n2cnc3c(NC4CC4)nc(N)nc32)[C@H](F)[C@@H]1O)Oc1ccccc1.C[C@]1(CO)O[C@@H](n2cnc3c(NC4CC4)nc(N)nc32)[C@H](F)[C@@H]1O.[CH3-].[Pd]. The van der Waals surface area contributed by atoms with Gasteiger partial charge in [-0.3, -0.25) is 18.5 Å².